The first-order chi connectivity index (χ1) is 13.5. The van der Waals surface area contributed by atoms with E-state index in [1.54, 1.807) is 13.8 Å². The summed E-state index contributed by atoms with van der Waals surface area (Å²) in [4.78, 5) is 36.5. The van der Waals surface area contributed by atoms with Gasteiger partial charge in [-0.1, -0.05) is 6.07 Å². The number of sulfonamides is 1. The van der Waals surface area contributed by atoms with Gasteiger partial charge < -0.3 is 9.64 Å². The minimum atomic E-state index is -3.86. The van der Waals surface area contributed by atoms with Gasteiger partial charge >= 0.3 is 5.97 Å². The average Bonchev–Trinajstić information content (AvgIpc) is 2.66. The number of hydrogen-bond acceptors (Lipinski definition) is 7. The number of ether oxygens (including phenoxy) is 1. The van der Waals surface area contributed by atoms with Crippen LogP contribution in [0.1, 0.15) is 25.3 Å². The Labute approximate surface area is 169 Å². The predicted molar refractivity (Wildman–Crippen MR) is 106 cm³/mol. The first-order valence-electron chi connectivity index (χ1n) is 9.21. The van der Waals surface area contributed by atoms with Crippen molar-refractivity contribution in [3.8, 4) is 0 Å². The van der Waals surface area contributed by atoms with Crippen LogP contribution in [-0.2, 0) is 24.3 Å². The Morgan fingerprint density at radius 1 is 1.31 bits per heavy atom. The van der Waals surface area contributed by atoms with Crippen LogP contribution >= 0.6 is 0 Å². The Bertz CT molecular complexity index is 893. The number of benzene rings is 1. The molecule has 1 fully saturated rings. The minimum absolute atomic E-state index is 0.0939. The van der Waals surface area contributed by atoms with E-state index in [-0.39, 0.29) is 23.3 Å². The van der Waals surface area contributed by atoms with Gasteiger partial charge in [0.25, 0.3) is 5.69 Å². The maximum absolute atomic E-state index is 12.7. The molecule has 0 bridgehead atoms. The van der Waals surface area contributed by atoms with Crippen molar-refractivity contribution in [2.24, 2.45) is 5.92 Å². The molecule has 0 aromatic heterocycles. The summed E-state index contributed by atoms with van der Waals surface area (Å²) in [5.74, 6) is -0.989. The number of esters is 1. The molecular formula is C18H25N3O7S. The number of nitrogens with zero attached hydrogens (tertiary/aromatic N) is 3. The van der Waals surface area contributed by atoms with E-state index >= 15 is 0 Å². The van der Waals surface area contributed by atoms with Gasteiger partial charge in [0.2, 0.25) is 15.9 Å². The molecule has 1 saturated heterocycles. The number of likely N-dealkylation sites (tertiary alicyclic amines) is 1. The van der Waals surface area contributed by atoms with Gasteiger partial charge in [-0.2, -0.15) is 0 Å². The molecule has 1 aromatic carbocycles. The van der Waals surface area contributed by atoms with Gasteiger partial charge in [0.15, 0.2) is 0 Å². The fourth-order valence-corrected chi connectivity index (χ4v) is 4.11. The third kappa shape index (κ3) is 5.66. The Kier molecular flexibility index (Phi) is 7.17. The molecule has 160 valence electrons. The number of anilines is 1. The number of nitro groups is 1. The van der Waals surface area contributed by atoms with Crippen molar-refractivity contribution < 1.29 is 27.7 Å². The molecule has 0 radical (unpaired) electrons. The SMILES string of the molecule is CCOC(=O)C1CCN(C(=O)CN(c2cc([N+](=O)[O-])ccc2C)S(C)(=O)=O)CC1. The smallest absolute Gasteiger partial charge is 0.309 e. The highest BCUT2D eigenvalue weighted by atomic mass is 32.2. The zero-order valence-electron chi connectivity index (χ0n) is 16.7. The maximum Gasteiger partial charge on any atom is 0.309 e. The molecule has 29 heavy (non-hydrogen) atoms. The highest BCUT2D eigenvalue weighted by Crippen LogP contribution is 2.28. The van der Waals surface area contributed by atoms with Crippen molar-refractivity contribution in [1.82, 2.24) is 4.90 Å². The van der Waals surface area contributed by atoms with E-state index in [2.05, 4.69) is 0 Å². The fraction of sp³-hybridized carbons (Fsp3) is 0.556. The van der Waals surface area contributed by atoms with Crippen LogP contribution in [0.5, 0.6) is 0 Å². The van der Waals surface area contributed by atoms with Crippen LogP contribution in [-0.4, -0.2) is 62.6 Å². The molecule has 0 atom stereocenters. The number of hydrogen-bond donors (Lipinski definition) is 0. The number of non-ortho nitro benzene ring substituents is 1. The second kappa shape index (κ2) is 9.21. The molecule has 0 unspecified atom stereocenters. The van der Waals surface area contributed by atoms with E-state index in [0.29, 0.717) is 38.1 Å². The van der Waals surface area contributed by atoms with Crippen molar-refractivity contribution in [2.45, 2.75) is 26.7 Å². The van der Waals surface area contributed by atoms with Gasteiger partial charge in [0.1, 0.15) is 6.54 Å². The second-order valence-electron chi connectivity index (χ2n) is 6.90. The standard InChI is InChI=1S/C18H25N3O7S/c1-4-28-18(23)14-7-9-19(10-8-14)17(22)12-20(29(3,26)27)16-11-15(21(24)25)6-5-13(16)2/h5-6,11,14H,4,7-10,12H2,1-3H3. The van der Waals surface area contributed by atoms with Crippen LogP contribution < -0.4 is 4.31 Å². The molecule has 2 rings (SSSR count). The predicted octanol–water partition coefficient (Wildman–Crippen LogP) is 1.47. The quantitative estimate of drug-likeness (QED) is 0.366. The Hall–Kier alpha value is -2.69. The number of carbonyl (C=O) groups excluding carboxylic acids is 2. The van der Waals surface area contributed by atoms with Gasteiger partial charge in [-0.05, 0) is 32.3 Å². The summed E-state index contributed by atoms with van der Waals surface area (Å²) < 4.78 is 30.5. The van der Waals surface area contributed by atoms with E-state index in [1.807, 2.05) is 0 Å². The zero-order chi connectivity index (χ0) is 21.8. The van der Waals surface area contributed by atoms with E-state index < -0.39 is 27.4 Å². The molecule has 1 heterocycles. The molecule has 1 aromatic rings. The summed E-state index contributed by atoms with van der Waals surface area (Å²) in [7, 11) is -3.86. The molecule has 1 amide bonds. The molecule has 1 aliphatic rings. The van der Waals surface area contributed by atoms with Crippen molar-refractivity contribution >= 4 is 33.3 Å². The fourth-order valence-electron chi connectivity index (χ4n) is 3.21. The number of nitro benzene ring substituents is 1. The van der Waals surface area contributed by atoms with E-state index in [1.165, 1.54) is 17.0 Å². The number of carbonyl (C=O) groups is 2. The summed E-state index contributed by atoms with van der Waals surface area (Å²) in [5, 5.41) is 11.1. The summed E-state index contributed by atoms with van der Waals surface area (Å²) >= 11 is 0. The first-order valence-corrected chi connectivity index (χ1v) is 11.1. The van der Waals surface area contributed by atoms with E-state index in [9.17, 15) is 28.1 Å². The van der Waals surface area contributed by atoms with Crippen molar-refractivity contribution in [3.63, 3.8) is 0 Å². The molecule has 0 spiro atoms. The Morgan fingerprint density at radius 3 is 2.45 bits per heavy atom. The normalized spacial score (nSPS) is 15.1. The lowest BCUT2D eigenvalue weighted by molar-refractivity contribution is -0.384. The van der Waals surface area contributed by atoms with Crippen LogP contribution in [0, 0.1) is 23.0 Å². The lowest BCUT2D eigenvalue weighted by Gasteiger charge is -2.33. The monoisotopic (exact) mass is 427 g/mol. The molecule has 10 nitrogen and oxygen atoms in total. The number of rotatable bonds is 7. The lowest BCUT2D eigenvalue weighted by Crippen LogP contribution is -2.46. The highest BCUT2D eigenvalue weighted by Gasteiger charge is 2.31. The molecule has 11 heteroatoms. The van der Waals surface area contributed by atoms with Gasteiger partial charge in [0.05, 0.1) is 29.4 Å². The molecule has 1 aliphatic heterocycles. The zero-order valence-corrected chi connectivity index (χ0v) is 17.5. The van der Waals surface area contributed by atoms with Crippen LogP contribution in [0.25, 0.3) is 0 Å². The van der Waals surface area contributed by atoms with Crippen molar-refractivity contribution in [1.29, 1.82) is 0 Å². The van der Waals surface area contributed by atoms with E-state index in [4.69, 9.17) is 4.74 Å². The van der Waals surface area contributed by atoms with Gasteiger partial charge in [-0.3, -0.25) is 24.0 Å². The maximum atomic E-state index is 12.7. The summed E-state index contributed by atoms with van der Waals surface area (Å²) in [6.07, 6.45) is 1.84. The molecular weight excluding hydrogens is 402 g/mol. The van der Waals surface area contributed by atoms with E-state index in [0.717, 1.165) is 16.6 Å². The van der Waals surface area contributed by atoms with Crippen LogP contribution in [0.2, 0.25) is 0 Å². The number of aryl methyl sites for hydroxylation is 1. The molecule has 0 N–H and O–H groups in total. The summed E-state index contributed by atoms with van der Waals surface area (Å²) in [6, 6.07) is 3.87. The summed E-state index contributed by atoms with van der Waals surface area (Å²) in [5.41, 5.74) is 0.327. The first kappa shape index (κ1) is 22.6. The van der Waals surface area contributed by atoms with Crippen molar-refractivity contribution in [3.05, 3.63) is 33.9 Å². The lowest BCUT2D eigenvalue weighted by atomic mass is 9.97. The van der Waals surface area contributed by atoms with Gasteiger partial charge in [0, 0.05) is 25.2 Å². The van der Waals surface area contributed by atoms with Crippen LogP contribution in [0.4, 0.5) is 11.4 Å². The minimum Gasteiger partial charge on any atom is -0.466 e. The molecule has 0 aliphatic carbocycles. The second-order valence-corrected chi connectivity index (χ2v) is 8.81. The average molecular weight is 427 g/mol. The number of amides is 1. The highest BCUT2D eigenvalue weighted by molar-refractivity contribution is 7.92. The largest absolute Gasteiger partial charge is 0.466 e. The molecule has 0 saturated carbocycles. The Balaban J connectivity index is 2.17. The third-order valence-electron chi connectivity index (χ3n) is 4.82. The van der Waals surface area contributed by atoms with Crippen LogP contribution in [0.15, 0.2) is 18.2 Å². The number of piperidine rings is 1. The van der Waals surface area contributed by atoms with Gasteiger partial charge in [-0.15, -0.1) is 0 Å². The topological polar surface area (TPSA) is 127 Å². The van der Waals surface area contributed by atoms with Crippen LogP contribution in [0.3, 0.4) is 0 Å². The Morgan fingerprint density at radius 2 is 1.93 bits per heavy atom. The van der Waals surface area contributed by atoms with Crippen molar-refractivity contribution in [2.75, 3.05) is 36.8 Å². The van der Waals surface area contributed by atoms with Gasteiger partial charge in [-0.25, -0.2) is 8.42 Å². The third-order valence-corrected chi connectivity index (χ3v) is 5.95. The summed E-state index contributed by atoms with van der Waals surface area (Å²) in [6.45, 7) is 3.80.